The van der Waals surface area contributed by atoms with Crippen molar-refractivity contribution < 1.29 is 18.0 Å². The molecule has 26 heavy (non-hydrogen) atoms. The Kier molecular flexibility index (Phi) is 5.48. The van der Waals surface area contributed by atoms with E-state index in [0.717, 1.165) is 6.92 Å². The summed E-state index contributed by atoms with van der Waals surface area (Å²) in [5.41, 5.74) is -4.27. The zero-order valence-corrected chi connectivity index (χ0v) is 14.9. The van der Waals surface area contributed by atoms with Crippen LogP contribution in [0.1, 0.15) is 23.7 Å². The number of rotatable bonds is 3. The molecule has 0 radical (unpaired) electrons. The van der Waals surface area contributed by atoms with Crippen LogP contribution in [0.2, 0.25) is 5.02 Å². The zero-order valence-electron chi connectivity index (χ0n) is 13.4. The molecule has 1 aromatic carbocycles. The first-order valence-electron chi connectivity index (χ1n) is 7.04. The summed E-state index contributed by atoms with van der Waals surface area (Å²) in [6.45, 7) is 2.19. The number of alkyl halides is 3. The van der Waals surface area contributed by atoms with E-state index < -0.39 is 34.5 Å². The molecule has 1 aromatic heterocycles. The van der Waals surface area contributed by atoms with Gasteiger partial charge in [-0.15, -0.1) is 0 Å². The van der Waals surface area contributed by atoms with Gasteiger partial charge in [0.25, 0.3) is 5.56 Å². The molecule has 0 bridgehead atoms. The molecule has 0 spiro atoms. The van der Waals surface area contributed by atoms with Gasteiger partial charge in [0.2, 0.25) is 0 Å². The summed E-state index contributed by atoms with van der Waals surface area (Å²) in [4.78, 5) is 37.3. The number of nitrogens with one attached hydrogen (secondary N) is 1. The molecule has 0 aliphatic rings. The normalized spacial score (nSPS) is 12.3. The minimum atomic E-state index is -4.87. The lowest BCUT2D eigenvalue weighted by Gasteiger charge is -2.13. The third-order valence-electron chi connectivity index (χ3n) is 3.47. The molecule has 0 saturated carbocycles. The average Bonchev–Trinajstić information content (AvgIpc) is 2.52. The monoisotopic (exact) mass is 406 g/mol. The predicted octanol–water partition coefficient (Wildman–Crippen LogP) is 3.68. The van der Waals surface area contributed by atoms with Crippen molar-refractivity contribution >= 4 is 35.1 Å². The maximum Gasteiger partial charge on any atom is 0.431 e. The molecule has 0 atom stereocenters. The van der Waals surface area contributed by atoms with Crippen LogP contribution in [0, 0.1) is 6.92 Å². The molecule has 0 unspecified atom stereocenters. The van der Waals surface area contributed by atoms with E-state index in [1.165, 1.54) is 31.2 Å². The first-order valence-corrected chi connectivity index (χ1v) is 7.80. The van der Waals surface area contributed by atoms with Gasteiger partial charge in [-0.05, 0) is 36.8 Å². The highest BCUT2D eigenvalue weighted by molar-refractivity contribution is 6.44. The third-order valence-corrected chi connectivity index (χ3v) is 4.19. The van der Waals surface area contributed by atoms with Crippen LogP contribution >= 0.6 is 23.2 Å². The quantitative estimate of drug-likeness (QED) is 0.790. The van der Waals surface area contributed by atoms with Gasteiger partial charge in [-0.1, -0.05) is 23.2 Å². The van der Waals surface area contributed by atoms with Crippen molar-refractivity contribution in [2.24, 2.45) is 0 Å². The van der Waals surface area contributed by atoms with E-state index in [4.69, 9.17) is 23.2 Å². The summed E-state index contributed by atoms with van der Waals surface area (Å²) in [5.74, 6) is -0.437. The van der Waals surface area contributed by atoms with E-state index in [0.29, 0.717) is 4.57 Å². The van der Waals surface area contributed by atoms with Crippen molar-refractivity contribution in [2.45, 2.75) is 20.0 Å². The number of H-pyrrole nitrogens is 1. The first kappa shape index (κ1) is 20.0. The zero-order chi connectivity index (χ0) is 19.8. The molecule has 0 saturated heterocycles. The minimum Gasteiger partial charge on any atom is -0.302 e. The number of benzene rings is 1. The molecule has 2 rings (SSSR count). The summed E-state index contributed by atoms with van der Waals surface area (Å²) in [7, 11) is 0. The largest absolute Gasteiger partial charge is 0.431 e. The maximum absolute atomic E-state index is 12.9. The number of carbonyl (C=O) groups is 1. The lowest BCUT2D eigenvalue weighted by Crippen LogP contribution is -2.38. The number of nitrogens with zero attached hydrogens (tertiary/aromatic N) is 1. The Morgan fingerprint density at radius 3 is 2.42 bits per heavy atom. The lowest BCUT2D eigenvalue weighted by atomic mass is 10.1. The molecule has 2 aromatic rings. The fourth-order valence-electron chi connectivity index (χ4n) is 2.16. The SMILES string of the molecule is CC(=O)C(Cl)=Cc1cc(-n2c(=O)[nH]c(C(F)(F)F)c(C)c2=O)ccc1Cl. The van der Waals surface area contributed by atoms with Crippen LogP contribution in [-0.2, 0) is 11.0 Å². The summed E-state index contributed by atoms with van der Waals surface area (Å²) < 4.78 is 39.2. The minimum absolute atomic E-state index is 0.0308. The fraction of sp³-hybridized carbons (Fsp3) is 0.188. The van der Waals surface area contributed by atoms with Crippen molar-refractivity contribution in [3.05, 3.63) is 65.9 Å². The number of ketones is 1. The van der Waals surface area contributed by atoms with Crippen LogP contribution in [0.3, 0.4) is 0 Å². The van der Waals surface area contributed by atoms with Crippen molar-refractivity contribution in [1.29, 1.82) is 0 Å². The number of allylic oxidation sites excluding steroid dienone is 1. The summed E-state index contributed by atoms with van der Waals surface area (Å²) >= 11 is 11.8. The maximum atomic E-state index is 12.9. The second kappa shape index (κ2) is 7.13. The van der Waals surface area contributed by atoms with Crippen LogP contribution in [-0.4, -0.2) is 15.3 Å². The second-order valence-electron chi connectivity index (χ2n) is 5.32. The van der Waals surface area contributed by atoms with Gasteiger partial charge in [0.05, 0.1) is 10.7 Å². The molecule has 5 nitrogen and oxygen atoms in total. The Morgan fingerprint density at radius 2 is 1.88 bits per heavy atom. The van der Waals surface area contributed by atoms with Crippen molar-refractivity contribution in [1.82, 2.24) is 9.55 Å². The fourth-order valence-corrected chi connectivity index (χ4v) is 2.45. The van der Waals surface area contributed by atoms with Crippen LogP contribution < -0.4 is 11.2 Å². The Morgan fingerprint density at radius 1 is 1.27 bits per heavy atom. The molecular formula is C16H11Cl2F3N2O3. The molecule has 10 heteroatoms. The Balaban J connectivity index is 2.73. The highest BCUT2D eigenvalue weighted by atomic mass is 35.5. The highest BCUT2D eigenvalue weighted by Gasteiger charge is 2.35. The van der Waals surface area contributed by atoms with Gasteiger partial charge in [0, 0.05) is 17.5 Å². The number of aromatic amines is 1. The van der Waals surface area contributed by atoms with Crippen molar-refractivity contribution in [2.75, 3.05) is 0 Å². The number of carbonyl (C=O) groups excluding carboxylic acids is 1. The number of hydrogen-bond acceptors (Lipinski definition) is 3. The average molecular weight is 407 g/mol. The first-order chi connectivity index (χ1) is 11.9. The van der Waals surface area contributed by atoms with Crippen LogP contribution in [0.5, 0.6) is 0 Å². The van der Waals surface area contributed by atoms with Crippen LogP contribution in [0.4, 0.5) is 13.2 Å². The Hall–Kier alpha value is -2.32. The van der Waals surface area contributed by atoms with E-state index in [-0.39, 0.29) is 21.3 Å². The van der Waals surface area contributed by atoms with Crippen molar-refractivity contribution in [3.8, 4) is 5.69 Å². The van der Waals surface area contributed by atoms with Crippen LogP contribution in [0.15, 0.2) is 32.8 Å². The van der Waals surface area contributed by atoms with Gasteiger partial charge in [-0.3, -0.25) is 9.59 Å². The van der Waals surface area contributed by atoms with Gasteiger partial charge in [-0.25, -0.2) is 9.36 Å². The Labute approximate surface area is 154 Å². The summed E-state index contributed by atoms with van der Waals surface area (Å²) in [6, 6.07) is 3.87. The van der Waals surface area contributed by atoms with Gasteiger partial charge in [0.1, 0.15) is 5.69 Å². The van der Waals surface area contributed by atoms with Crippen LogP contribution in [0.25, 0.3) is 11.8 Å². The van der Waals surface area contributed by atoms with Gasteiger partial charge in [0.15, 0.2) is 5.78 Å². The standard InChI is InChI=1S/C16H11Cl2F3N2O3/c1-7-13(16(19,20)21)22-15(26)23(14(7)25)10-3-4-11(17)9(5-10)6-12(18)8(2)24/h3-6H,1-2H3,(H,22,26). The molecule has 0 fully saturated rings. The molecular weight excluding hydrogens is 396 g/mol. The molecule has 0 amide bonds. The molecule has 1 heterocycles. The van der Waals surface area contributed by atoms with E-state index >= 15 is 0 Å². The van der Waals surface area contributed by atoms with E-state index in [9.17, 15) is 27.6 Å². The Bertz CT molecular complexity index is 1040. The molecule has 0 aliphatic heterocycles. The second-order valence-corrected chi connectivity index (χ2v) is 6.14. The predicted molar refractivity (Wildman–Crippen MR) is 91.9 cm³/mol. The number of halogens is 5. The number of Topliss-reactive ketones (excluding diaryl/α,β-unsaturated/α-hetero) is 1. The van der Waals surface area contributed by atoms with Crippen molar-refractivity contribution in [3.63, 3.8) is 0 Å². The highest BCUT2D eigenvalue weighted by Crippen LogP contribution is 2.28. The topological polar surface area (TPSA) is 71.9 Å². The van der Waals surface area contributed by atoms with E-state index in [1.807, 2.05) is 0 Å². The third kappa shape index (κ3) is 3.91. The molecule has 138 valence electrons. The van der Waals surface area contributed by atoms with Gasteiger partial charge >= 0.3 is 11.9 Å². The molecule has 0 aliphatic carbocycles. The number of aromatic nitrogens is 2. The van der Waals surface area contributed by atoms with E-state index in [2.05, 4.69) is 0 Å². The smallest absolute Gasteiger partial charge is 0.302 e. The number of hydrogen-bond donors (Lipinski definition) is 1. The summed E-state index contributed by atoms with van der Waals surface area (Å²) in [5, 5.41) is 0.0233. The summed E-state index contributed by atoms with van der Waals surface area (Å²) in [6.07, 6.45) is -3.64. The van der Waals surface area contributed by atoms with Gasteiger partial charge < -0.3 is 4.98 Å². The lowest BCUT2D eigenvalue weighted by molar-refractivity contribution is -0.142. The van der Waals surface area contributed by atoms with Gasteiger partial charge in [-0.2, -0.15) is 13.2 Å². The molecule has 1 N–H and O–H groups in total. The van der Waals surface area contributed by atoms with E-state index in [1.54, 1.807) is 4.98 Å².